The normalized spacial score (nSPS) is 12.6. The molecule has 0 N–H and O–H groups in total. The summed E-state index contributed by atoms with van der Waals surface area (Å²) in [5, 5.41) is 0. The Morgan fingerprint density at radius 3 is 0.857 bits per heavy atom. The SMILES string of the molecule is FB(F)[B-](B(F)F)(B(F)F)[P+](F)(F)F. The van der Waals surface area contributed by atoms with Gasteiger partial charge in [0.25, 0.3) is 0 Å². The van der Waals surface area contributed by atoms with Crippen LogP contribution in [0.15, 0.2) is 0 Å². The van der Waals surface area contributed by atoms with Crippen LogP contribution in [0.2, 0.25) is 0 Å². The van der Waals surface area contributed by atoms with E-state index in [1.165, 1.54) is 0 Å². The van der Waals surface area contributed by atoms with E-state index in [9.17, 15) is 38.5 Å². The van der Waals surface area contributed by atoms with Crippen molar-refractivity contribution in [1.29, 1.82) is 0 Å². The molecule has 0 amide bonds. The van der Waals surface area contributed by atoms with E-state index in [-0.39, 0.29) is 0 Å². The molecule has 0 saturated heterocycles. The lowest BCUT2D eigenvalue weighted by atomic mass is 8.96. The van der Waals surface area contributed by atoms with Gasteiger partial charge in [-0.05, 0) is 12.6 Å². The maximum atomic E-state index is 11.8. The first kappa shape index (κ1) is 14.1. The maximum Gasteiger partial charge on any atom is 0.436 e. The van der Waals surface area contributed by atoms with Crippen molar-refractivity contribution in [3.8, 4) is 0 Å². The minimum atomic E-state index is -7.51. The van der Waals surface area contributed by atoms with Gasteiger partial charge in [-0.3, -0.25) is 0 Å². The fourth-order valence-electron chi connectivity index (χ4n) is 0.713. The molecule has 0 nitrogen and oxygen atoms in total. The van der Waals surface area contributed by atoms with Gasteiger partial charge in [-0.1, -0.05) is 0 Å². The van der Waals surface area contributed by atoms with Crippen molar-refractivity contribution in [2.24, 2.45) is 0 Å². The number of hydrogen-bond donors (Lipinski definition) is 0. The molecular weight excluding hydrogens is 245 g/mol. The molecule has 14 heavy (non-hydrogen) atoms. The molecule has 0 rings (SSSR count). The second-order valence-electron chi connectivity index (χ2n) is 2.51. The molecule has 0 aromatic carbocycles. The van der Waals surface area contributed by atoms with Crippen LogP contribution in [0.5, 0.6) is 0 Å². The molecule has 80 valence electrons. The van der Waals surface area contributed by atoms with Crippen molar-refractivity contribution in [2.45, 2.75) is 0 Å². The standard InChI is InChI=1S/B4F9P/c5-1(6)4(2(7)8,3(9)10)14(11,12)13. The molecule has 0 aliphatic carbocycles. The molecule has 0 radical (unpaired) electrons. The van der Waals surface area contributed by atoms with Crippen molar-refractivity contribution in [3.63, 3.8) is 0 Å². The molecule has 0 bridgehead atoms. The third-order valence-corrected chi connectivity index (χ3v) is 3.41. The zero-order chi connectivity index (χ0) is 11.7. The predicted molar refractivity (Wildman–Crippen MR) is 39.9 cm³/mol. The molecule has 0 spiro atoms. The van der Waals surface area contributed by atoms with Crippen molar-refractivity contribution in [2.75, 3.05) is 0 Å². The van der Waals surface area contributed by atoms with E-state index in [0.717, 1.165) is 0 Å². The number of halogens is 9. The Hall–Kier alpha value is 0.0597. The molecule has 14 heteroatoms. The second kappa shape index (κ2) is 4.28. The van der Waals surface area contributed by atoms with Gasteiger partial charge in [-0.15, -0.1) is 0 Å². The molecule has 0 aliphatic rings. The molecule has 0 unspecified atom stereocenters. The first-order valence-electron chi connectivity index (χ1n) is 3.07. The monoisotopic (exact) mass is 246 g/mol. The molecule has 0 heterocycles. The van der Waals surface area contributed by atoms with Crippen LogP contribution >= 0.6 is 8.07 Å². The lowest BCUT2D eigenvalue weighted by Crippen LogP contribution is -2.64. The van der Waals surface area contributed by atoms with E-state index < -0.39 is 35.1 Å². The van der Waals surface area contributed by atoms with Crippen LogP contribution in [-0.2, 0) is 0 Å². The van der Waals surface area contributed by atoms with Crippen molar-refractivity contribution in [1.82, 2.24) is 0 Å². The van der Waals surface area contributed by atoms with Crippen molar-refractivity contribution in [3.05, 3.63) is 0 Å². The Morgan fingerprint density at radius 2 is 0.857 bits per heavy atom. The van der Waals surface area contributed by atoms with Gasteiger partial charge in [-0.25, -0.2) is 0 Å². The smallest absolute Gasteiger partial charge is 0.332 e. The lowest BCUT2D eigenvalue weighted by Gasteiger charge is -2.23. The van der Waals surface area contributed by atoms with Gasteiger partial charge in [0.05, 0.1) is 0 Å². The third-order valence-electron chi connectivity index (χ3n) is 1.72. The predicted octanol–water partition coefficient (Wildman–Crippen LogP) is 3.12. The number of hydrogen-bond acceptors (Lipinski definition) is 0. The topological polar surface area (TPSA) is 0 Å². The summed E-state index contributed by atoms with van der Waals surface area (Å²) in [4.78, 5) is 0. The maximum absolute atomic E-state index is 11.8. The Balaban J connectivity index is 5.40. The zero-order valence-corrected chi connectivity index (χ0v) is 7.05. The van der Waals surface area contributed by atoms with Gasteiger partial charge in [-0.2, -0.15) is 0 Å². The average Bonchev–Trinajstić information content (AvgIpc) is 1.79. The summed E-state index contributed by atoms with van der Waals surface area (Å²) in [5.74, 6) is 0. The first-order chi connectivity index (χ1) is 6.08. The van der Waals surface area contributed by atoms with E-state index >= 15 is 0 Å². The summed E-state index contributed by atoms with van der Waals surface area (Å²) >= 11 is 0. The summed E-state index contributed by atoms with van der Waals surface area (Å²) in [7, 11) is -21.8. The molecular formula is B4F9P. The highest BCUT2D eigenvalue weighted by molar-refractivity contribution is 8.24. The minimum absolute atomic E-state index is 4.77. The molecule has 0 fully saturated rings. The molecule has 0 aromatic rings. The molecule has 0 saturated carbocycles. The van der Waals surface area contributed by atoms with Crippen LogP contribution in [0.1, 0.15) is 0 Å². The third kappa shape index (κ3) is 2.01. The van der Waals surface area contributed by atoms with Crippen LogP contribution in [0.25, 0.3) is 0 Å². The summed E-state index contributed by atoms with van der Waals surface area (Å²) in [6, 6.07) is 0. The van der Waals surface area contributed by atoms with E-state index in [0.29, 0.717) is 0 Å². The van der Waals surface area contributed by atoms with Gasteiger partial charge >= 0.3 is 35.1 Å². The Labute approximate surface area is 74.6 Å². The van der Waals surface area contributed by atoms with Crippen LogP contribution in [0.3, 0.4) is 0 Å². The Kier molecular flexibility index (Phi) is 4.30. The average molecular weight is 245 g/mol. The van der Waals surface area contributed by atoms with Crippen LogP contribution in [0, 0.1) is 0 Å². The van der Waals surface area contributed by atoms with Crippen molar-refractivity contribution < 1.29 is 38.5 Å². The summed E-state index contributed by atoms with van der Waals surface area (Å²) < 4.78 is 106. The molecule has 0 aliphatic heterocycles. The summed E-state index contributed by atoms with van der Waals surface area (Å²) in [5.41, 5.74) is -6.20. The van der Waals surface area contributed by atoms with Crippen molar-refractivity contribution >= 4 is 35.1 Å². The van der Waals surface area contributed by atoms with Crippen LogP contribution < -0.4 is 0 Å². The Morgan fingerprint density at radius 1 is 0.643 bits per heavy atom. The highest BCUT2D eigenvalue weighted by Gasteiger charge is 2.84. The van der Waals surface area contributed by atoms with Gasteiger partial charge in [0.15, 0.2) is 0 Å². The highest BCUT2D eigenvalue weighted by atomic mass is 31.3. The van der Waals surface area contributed by atoms with E-state index in [4.69, 9.17) is 0 Å². The molecule has 0 aromatic heterocycles. The zero-order valence-electron chi connectivity index (χ0n) is 6.16. The van der Waals surface area contributed by atoms with Gasteiger partial charge in [0.1, 0.15) is 0 Å². The second-order valence-corrected chi connectivity index (χ2v) is 4.38. The van der Waals surface area contributed by atoms with Gasteiger partial charge in [0.2, 0.25) is 0 Å². The van der Waals surface area contributed by atoms with Crippen LogP contribution in [-0.4, -0.2) is 27.0 Å². The lowest BCUT2D eigenvalue weighted by molar-refractivity contribution is 0.607. The fraction of sp³-hybridized carbons (Fsp3) is 0. The Bertz CT molecular complexity index is 162. The van der Waals surface area contributed by atoms with E-state index in [2.05, 4.69) is 0 Å². The largest absolute Gasteiger partial charge is 0.436 e. The highest BCUT2D eigenvalue weighted by Crippen LogP contribution is 2.73. The fourth-order valence-corrected chi connectivity index (χ4v) is 1.48. The van der Waals surface area contributed by atoms with Gasteiger partial charge in [0, 0.05) is 0 Å². The minimum Gasteiger partial charge on any atom is -0.332 e. The van der Waals surface area contributed by atoms with E-state index in [1.54, 1.807) is 0 Å². The van der Waals surface area contributed by atoms with E-state index in [1.807, 2.05) is 0 Å². The molecule has 0 atom stereocenters. The summed E-state index contributed by atoms with van der Waals surface area (Å²) in [6.45, 7) is 0. The number of rotatable bonds is 4. The van der Waals surface area contributed by atoms with Crippen LogP contribution in [0.4, 0.5) is 38.5 Å². The summed E-state index contributed by atoms with van der Waals surface area (Å²) in [6.07, 6.45) is 0. The first-order valence-corrected chi connectivity index (χ1v) is 4.61. The quantitative estimate of drug-likeness (QED) is 0.405. The van der Waals surface area contributed by atoms with Gasteiger partial charge < -0.3 is 25.9 Å².